The third kappa shape index (κ3) is 8.48. The zero-order valence-corrected chi connectivity index (χ0v) is 21.4. The summed E-state index contributed by atoms with van der Waals surface area (Å²) in [4.78, 5) is 0. The molecule has 0 unspecified atom stereocenters. The Morgan fingerprint density at radius 2 is 1.59 bits per heavy atom. The van der Waals surface area contributed by atoms with Gasteiger partial charge < -0.3 is 0 Å². The Kier molecular flexibility index (Phi) is 13.0. The summed E-state index contributed by atoms with van der Waals surface area (Å²) in [5.41, 5.74) is 2.83. The van der Waals surface area contributed by atoms with Crippen molar-refractivity contribution in [3.8, 4) is 0 Å². The Hall–Kier alpha value is -0.660. The summed E-state index contributed by atoms with van der Waals surface area (Å²) < 4.78 is 0. The van der Waals surface area contributed by atoms with Crippen LogP contribution in [0.2, 0.25) is 13.1 Å². The van der Waals surface area contributed by atoms with Crippen LogP contribution in [-0.2, 0) is 27.3 Å². The molecule has 0 nitrogen and oxygen atoms in total. The molecule has 0 amide bonds. The fraction of sp³-hybridized carbons (Fsp3) is 0.217. The average molecular weight is 493 g/mol. The maximum atomic E-state index is 4.93. The molecule has 2 radical (unpaired) electrons. The van der Waals surface area contributed by atoms with Crippen molar-refractivity contribution < 1.29 is 20.8 Å². The van der Waals surface area contributed by atoms with Gasteiger partial charge in [-0.25, -0.2) is 0 Å². The Labute approximate surface area is 185 Å². The van der Waals surface area contributed by atoms with Crippen LogP contribution in [0, 0.1) is 6.92 Å². The molecule has 0 aliphatic carbocycles. The van der Waals surface area contributed by atoms with Gasteiger partial charge in [0, 0.05) is 9.52 Å². The van der Waals surface area contributed by atoms with E-state index in [1.54, 1.807) is 0 Å². The molecule has 0 saturated heterocycles. The normalized spacial score (nSPS) is 9.26. The second kappa shape index (κ2) is 14.4. The molecule has 0 aliphatic heterocycles. The zero-order valence-electron chi connectivity index (χ0n) is 16.4. The number of rotatable bonds is 1. The summed E-state index contributed by atoms with van der Waals surface area (Å²) in [6, 6.07) is 25.7. The molecule has 27 heavy (non-hydrogen) atoms. The molecule has 0 saturated carbocycles. The van der Waals surface area contributed by atoms with E-state index in [4.69, 9.17) is 17.0 Å². The van der Waals surface area contributed by atoms with Gasteiger partial charge in [-0.3, -0.25) is 0 Å². The maximum absolute atomic E-state index is 4.93. The fourth-order valence-electron chi connectivity index (χ4n) is 2.83. The Bertz CT molecular complexity index is 863. The average Bonchev–Trinajstić information content (AvgIpc) is 3.28. The number of aryl methyl sites for hydroxylation is 2. The van der Waals surface area contributed by atoms with Crippen LogP contribution in [0.1, 0.15) is 18.1 Å². The zero-order chi connectivity index (χ0) is 20.1. The Morgan fingerprint density at radius 1 is 0.963 bits per heavy atom. The van der Waals surface area contributed by atoms with E-state index in [1.165, 1.54) is 32.7 Å². The van der Waals surface area contributed by atoms with Crippen LogP contribution in [-0.4, -0.2) is 9.52 Å². The molecule has 4 rings (SSSR count). The molecule has 4 heteroatoms. The van der Waals surface area contributed by atoms with E-state index < -0.39 is 20.8 Å². The van der Waals surface area contributed by atoms with Crippen molar-refractivity contribution in [2.24, 2.45) is 0 Å². The molecule has 0 fully saturated rings. The van der Waals surface area contributed by atoms with Crippen LogP contribution >= 0.6 is 17.0 Å². The number of benzene rings is 2. The minimum absolute atomic E-state index is 0.826. The Morgan fingerprint density at radius 3 is 2.22 bits per heavy atom. The van der Waals surface area contributed by atoms with E-state index in [9.17, 15) is 0 Å². The van der Waals surface area contributed by atoms with Crippen molar-refractivity contribution in [3.63, 3.8) is 0 Å². The van der Waals surface area contributed by atoms with Gasteiger partial charge in [0.25, 0.3) is 0 Å². The first-order valence-electron chi connectivity index (χ1n) is 8.91. The minimum atomic E-state index is -0.826. The standard InChI is InChI=1S/C12H13.C9H7.C2H6Si.2ClH.Zr/c1-3-10-5-4-6-11-7-9(2)8-12(10)11;1-2-5-9-7-3-6-8(9)4-1;1-3-2;;;/h4-8H,3H2,1-2H3;1-7H;1-2H3;2*1H;/q2*-1;;;;+4/p-2. The topological polar surface area (TPSA) is 0 Å². The van der Waals surface area contributed by atoms with Gasteiger partial charge in [-0.2, -0.15) is 23.6 Å². The van der Waals surface area contributed by atoms with Gasteiger partial charge in [0.15, 0.2) is 0 Å². The molecule has 0 aromatic heterocycles. The van der Waals surface area contributed by atoms with E-state index in [2.05, 4.69) is 99.7 Å². The number of hydrogen-bond donors (Lipinski definition) is 0. The van der Waals surface area contributed by atoms with Crippen molar-refractivity contribution in [3.05, 3.63) is 83.9 Å². The van der Waals surface area contributed by atoms with E-state index in [-0.39, 0.29) is 0 Å². The molecule has 4 aromatic carbocycles. The summed E-state index contributed by atoms with van der Waals surface area (Å²) in [5, 5.41) is 5.47. The van der Waals surface area contributed by atoms with Gasteiger partial charge in [0.1, 0.15) is 0 Å². The fourth-order valence-corrected chi connectivity index (χ4v) is 2.83. The van der Waals surface area contributed by atoms with Crippen LogP contribution in [0.5, 0.6) is 0 Å². The molecule has 0 atom stereocenters. The Balaban J connectivity index is 0.000000214. The van der Waals surface area contributed by atoms with Crippen LogP contribution in [0.4, 0.5) is 0 Å². The SMILES string of the molecule is CCc1cccc2[cH-]c(C)cc12.C[Si]C.[Cl][Zr+2][Cl].c1ccc2[cH-]ccc2c1. The molecule has 0 aliphatic rings. The molecule has 0 heterocycles. The minimum Gasteiger partial charge on any atom is -0.168 e. The summed E-state index contributed by atoms with van der Waals surface area (Å²) in [5.74, 6) is 0. The summed E-state index contributed by atoms with van der Waals surface area (Å²) in [6.07, 6.45) is 1.13. The maximum Gasteiger partial charge on any atom is -0.0809 e. The summed E-state index contributed by atoms with van der Waals surface area (Å²) in [6.45, 7) is 8.66. The van der Waals surface area contributed by atoms with Crippen LogP contribution < -0.4 is 0 Å². The molecule has 4 aromatic rings. The predicted octanol–water partition coefficient (Wildman–Crippen LogP) is 8.15. The van der Waals surface area contributed by atoms with E-state index >= 15 is 0 Å². The monoisotopic (exact) mass is 490 g/mol. The summed E-state index contributed by atoms with van der Waals surface area (Å²) >= 11 is -0.826. The van der Waals surface area contributed by atoms with Gasteiger partial charge in [-0.05, 0) is 6.42 Å². The summed E-state index contributed by atoms with van der Waals surface area (Å²) in [7, 11) is 11.0. The van der Waals surface area contributed by atoms with Gasteiger partial charge in [0.2, 0.25) is 0 Å². The van der Waals surface area contributed by atoms with Crippen molar-refractivity contribution in [2.75, 3.05) is 0 Å². The van der Waals surface area contributed by atoms with E-state index in [0.29, 0.717) is 0 Å². The van der Waals surface area contributed by atoms with Crippen LogP contribution in [0.25, 0.3) is 21.5 Å². The quantitative estimate of drug-likeness (QED) is 0.186. The van der Waals surface area contributed by atoms with Crippen LogP contribution in [0.3, 0.4) is 0 Å². The van der Waals surface area contributed by atoms with Crippen LogP contribution in [0.15, 0.2) is 72.8 Å². The predicted molar refractivity (Wildman–Crippen MR) is 122 cm³/mol. The molecular weight excluding hydrogens is 466 g/mol. The number of fused-ring (bicyclic) bond motifs is 2. The first-order valence-corrected chi connectivity index (χ1v) is 17.2. The van der Waals surface area contributed by atoms with Crippen molar-refractivity contribution in [1.82, 2.24) is 0 Å². The van der Waals surface area contributed by atoms with Gasteiger partial charge >= 0.3 is 37.9 Å². The largest absolute Gasteiger partial charge is 0.168 e. The van der Waals surface area contributed by atoms with Gasteiger partial charge in [0.05, 0.1) is 0 Å². The second-order valence-corrected chi connectivity index (χ2v) is 10.8. The second-order valence-electron chi connectivity index (χ2n) is 6.03. The smallest absolute Gasteiger partial charge is 0.0809 e. The van der Waals surface area contributed by atoms with Gasteiger partial charge in [-0.1, -0.05) is 44.6 Å². The van der Waals surface area contributed by atoms with Crippen molar-refractivity contribution >= 4 is 48.1 Å². The number of halogens is 2. The molecule has 0 spiro atoms. The first-order chi connectivity index (χ1) is 13.1. The molecule has 0 bridgehead atoms. The van der Waals surface area contributed by atoms with Crippen molar-refractivity contribution in [2.45, 2.75) is 33.4 Å². The van der Waals surface area contributed by atoms with E-state index in [0.717, 1.165) is 15.9 Å². The molecule has 140 valence electrons. The molecular formula is C23H26Cl2SiZr. The third-order valence-electron chi connectivity index (χ3n) is 3.91. The molecule has 0 N–H and O–H groups in total. The first kappa shape index (κ1) is 24.4. The van der Waals surface area contributed by atoms with E-state index in [1.807, 2.05) is 0 Å². The van der Waals surface area contributed by atoms with Gasteiger partial charge in [-0.15, -0.1) is 64.2 Å². The number of hydrogen-bond acceptors (Lipinski definition) is 0. The van der Waals surface area contributed by atoms with Crippen molar-refractivity contribution in [1.29, 1.82) is 0 Å². The third-order valence-corrected chi connectivity index (χ3v) is 3.91.